The van der Waals surface area contributed by atoms with Gasteiger partial charge in [-0.15, -0.1) is 0 Å². The predicted octanol–water partition coefficient (Wildman–Crippen LogP) is 2.98. The molecule has 0 saturated carbocycles. The van der Waals surface area contributed by atoms with E-state index in [1.807, 2.05) is 18.2 Å². The lowest BCUT2D eigenvalue weighted by Crippen LogP contribution is -2.18. The van der Waals surface area contributed by atoms with Crippen LogP contribution in [0.25, 0.3) is 10.9 Å². The Kier molecular flexibility index (Phi) is 3.52. The van der Waals surface area contributed by atoms with Crippen molar-refractivity contribution in [1.82, 2.24) is 4.98 Å². The summed E-state index contributed by atoms with van der Waals surface area (Å²) in [7, 11) is 0. The van der Waals surface area contributed by atoms with E-state index < -0.39 is 11.8 Å². The Bertz CT molecular complexity index is 630. The Hall–Kier alpha value is -1.62. The molecule has 1 heterocycles. The van der Waals surface area contributed by atoms with Gasteiger partial charge in [0.15, 0.2) is 0 Å². The number of aryl methyl sites for hydroxylation is 1. The van der Waals surface area contributed by atoms with E-state index in [1.54, 1.807) is 13.8 Å². The lowest BCUT2D eigenvalue weighted by molar-refractivity contribution is -0.137. The van der Waals surface area contributed by atoms with Crippen molar-refractivity contribution in [2.24, 2.45) is 0 Å². The number of benzene rings is 1. The average Bonchev–Trinajstić information content (AvgIpc) is 2.67. The highest BCUT2D eigenvalue weighted by Crippen LogP contribution is 2.29. The van der Waals surface area contributed by atoms with Crippen molar-refractivity contribution < 1.29 is 14.3 Å². The normalized spacial score (nSPS) is 10.6. The third-order valence-electron chi connectivity index (χ3n) is 2.71. The van der Waals surface area contributed by atoms with Crippen molar-refractivity contribution in [3.63, 3.8) is 0 Å². The molecular weight excluding hydrogens is 298 g/mol. The molecule has 2 aromatic rings. The second-order valence-corrected chi connectivity index (χ2v) is 4.69. The van der Waals surface area contributed by atoms with Gasteiger partial charge in [-0.05, 0) is 31.5 Å². The number of rotatable bonds is 3. The van der Waals surface area contributed by atoms with E-state index in [2.05, 4.69) is 20.9 Å². The number of hydrogen-bond acceptors (Lipinski definition) is 3. The minimum Gasteiger partial charge on any atom is -0.460 e. The molecule has 0 aliphatic rings. The van der Waals surface area contributed by atoms with Crippen LogP contribution in [-0.4, -0.2) is 23.3 Å². The molecule has 0 atom stereocenters. The van der Waals surface area contributed by atoms with E-state index in [0.717, 1.165) is 20.9 Å². The Balaban J connectivity index is 2.53. The maximum atomic E-state index is 11.9. The number of ketones is 1. The summed E-state index contributed by atoms with van der Waals surface area (Å²) < 4.78 is 5.60. The van der Waals surface area contributed by atoms with E-state index in [4.69, 9.17) is 4.74 Å². The highest BCUT2D eigenvalue weighted by molar-refractivity contribution is 9.10. The third kappa shape index (κ3) is 2.06. The average molecular weight is 310 g/mol. The molecule has 1 aromatic heterocycles. The van der Waals surface area contributed by atoms with Crippen LogP contribution in [0.1, 0.15) is 23.0 Å². The van der Waals surface area contributed by atoms with Crippen molar-refractivity contribution in [3.8, 4) is 0 Å². The third-order valence-corrected chi connectivity index (χ3v) is 3.37. The minimum absolute atomic E-state index is 0.188. The second-order valence-electron chi connectivity index (χ2n) is 3.84. The molecule has 0 aliphatic heterocycles. The number of carbonyl (C=O) groups is 2. The number of halogens is 1. The lowest BCUT2D eigenvalue weighted by Gasteiger charge is -2.00. The smallest absolute Gasteiger partial charge is 0.381 e. The van der Waals surface area contributed by atoms with Gasteiger partial charge in [-0.25, -0.2) is 4.79 Å². The Morgan fingerprint density at radius 3 is 2.72 bits per heavy atom. The highest BCUT2D eigenvalue weighted by atomic mass is 79.9. The number of aromatic nitrogens is 1. The fraction of sp³-hybridized carbons (Fsp3) is 0.231. The van der Waals surface area contributed by atoms with Gasteiger partial charge in [0.05, 0.1) is 12.3 Å². The first-order valence-electron chi connectivity index (χ1n) is 5.54. The summed E-state index contributed by atoms with van der Waals surface area (Å²) in [6, 6.07) is 5.61. The first-order chi connectivity index (χ1) is 8.56. The second kappa shape index (κ2) is 4.94. The van der Waals surface area contributed by atoms with Crippen molar-refractivity contribution in [3.05, 3.63) is 33.9 Å². The number of aromatic amines is 1. The van der Waals surface area contributed by atoms with Crippen LogP contribution in [0.5, 0.6) is 0 Å². The van der Waals surface area contributed by atoms with Crippen LogP contribution in [0.15, 0.2) is 22.7 Å². The molecule has 5 heteroatoms. The van der Waals surface area contributed by atoms with Gasteiger partial charge in [-0.2, -0.15) is 0 Å². The maximum Gasteiger partial charge on any atom is 0.381 e. The largest absolute Gasteiger partial charge is 0.460 e. The molecular formula is C13H12BrNO3. The molecule has 4 nitrogen and oxygen atoms in total. The number of H-pyrrole nitrogens is 1. The zero-order valence-electron chi connectivity index (χ0n) is 10.0. The van der Waals surface area contributed by atoms with Crippen LogP contribution in [-0.2, 0) is 9.53 Å². The number of Topliss-reactive ketones (excluding diaryl/α,β-unsaturated/α-hetero) is 1. The van der Waals surface area contributed by atoms with Gasteiger partial charge in [-0.1, -0.05) is 22.0 Å². The Labute approximate surface area is 112 Å². The number of ether oxygens (including phenoxy) is 1. The van der Waals surface area contributed by atoms with E-state index in [0.29, 0.717) is 0 Å². The molecule has 0 amide bonds. The molecule has 0 bridgehead atoms. The molecule has 0 spiro atoms. The summed E-state index contributed by atoms with van der Waals surface area (Å²) in [5.41, 5.74) is 1.85. The van der Waals surface area contributed by atoms with Crippen LogP contribution in [0.4, 0.5) is 0 Å². The summed E-state index contributed by atoms with van der Waals surface area (Å²) in [5, 5.41) is 0.908. The number of nitrogens with one attached hydrogen (secondary N) is 1. The SMILES string of the molecule is CCOC(=O)C(=O)c1[nH]c2cccc(Br)c2c1C. The standard InChI is InChI=1S/C13H12BrNO3/c1-3-18-13(17)12(16)11-7(2)10-8(14)5-4-6-9(10)15-11/h4-6,15H,3H2,1-2H3. The van der Waals surface area contributed by atoms with E-state index in [1.165, 1.54) is 0 Å². The minimum atomic E-state index is -0.830. The first kappa shape index (κ1) is 12.8. The van der Waals surface area contributed by atoms with Crippen LogP contribution in [0.2, 0.25) is 0 Å². The Morgan fingerprint density at radius 1 is 1.39 bits per heavy atom. The van der Waals surface area contributed by atoms with Crippen LogP contribution >= 0.6 is 15.9 Å². The molecule has 2 rings (SSSR count). The van der Waals surface area contributed by atoms with Crippen LogP contribution in [0.3, 0.4) is 0 Å². The molecule has 94 valence electrons. The fourth-order valence-electron chi connectivity index (χ4n) is 1.89. The molecule has 1 aromatic carbocycles. The summed E-state index contributed by atoms with van der Waals surface area (Å²) in [4.78, 5) is 26.3. The van der Waals surface area contributed by atoms with Gasteiger partial charge in [0.25, 0.3) is 5.78 Å². The number of hydrogen-bond donors (Lipinski definition) is 1. The lowest BCUT2D eigenvalue weighted by atomic mass is 10.1. The molecule has 0 saturated heterocycles. The number of fused-ring (bicyclic) bond motifs is 1. The number of carbonyl (C=O) groups excluding carboxylic acids is 2. The monoisotopic (exact) mass is 309 g/mol. The first-order valence-corrected chi connectivity index (χ1v) is 6.33. The van der Waals surface area contributed by atoms with Gasteiger partial charge in [0.1, 0.15) is 0 Å². The molecule has 0 unspecified atom stereocenters. The summed E-state index contributed by atoms with van der Waals surface area (Å²) in [5.74, 6) is -1.47. The van der Waals surface area contributed by atoms with Gasteiger partial charge in [-0.3, -0.25) is 4.79 Å². The van der Waals surface area contributed by atoms with E-state index in [-0.39, 0.29) is 12.3 Å². The van der Waals surface area contributed by atoms with Crippen LogP contribution in [0, 0.1) is 6.92 Å². The van der Waals surface area contributed by atoms with Gasteiger partial charge >= 0.3 is 5.97 Å². The van der Waals surface area contributed by atoms with Gasteiger partial charge < -0.3 is 9.72 Å². The van der Waals surface area contributed by atoms with Crippen molar-refractivity contribution >= 4 is 38.6 Å². The summed E-state index contributed by atoms with van der Waals surface area (Å²) in [6.45, 7) is 3.66. The van der Waals surface area contributed by atoms with Gasteiger partial charge in [0, 0.05) is 15.4 Å². The molecule has 1 N–H and O–H groups in total. The quantitative estimate of drug-likeness (QED) is 0.538. The van der Waals surface area contributed by atoms with Gasteiger partial charge in [0.2, 0.25) is 0 Å². The highest BCUT2D eigenvalue weighted by Gasteiger charge is 2.23. The summed E-state index contributed by atoms with van der Waals surface area (Å²) in [6.07, 6.45) is 0. The molecule has 18 heavy (non-hydrogen) atoms. The molecule has 0 radical (unpaired) electrons. The maximum absolute atomic E-state index is 11.9. The predicted molar refractivity (Wildman–Crippen MR) is 71.7 cm³/mol. The van der Waals surface area contributed by atoms with Crippen molar-refractivity contribution in [2.45, 2.75) is 13.8 Å². The van der Waals surface area contributed by atoms with Crippen LogP contribution < -0.4 is 0 Å². The zero-order valence-corrected chi connectivity index (χ0v) is 11.6. The zero-order chi connectivity index (χ0) is 13.3. The topological polar surface area (TPSA) is 59.2 Å². The molecule has 0 aliphatic carbocycles. The van der Waals surface area contributed by atoms with Crippen molar-refractivity contribution in [2.75, 3.05) is 6.61 Å². The number of esters is 1. The Morgan fingerprint density at radius 2 is 2.11 bits per heavy atom. The fourth-order valence-corrected chi connectivity index (χ4v) is 2.55. The molecule has 0 fully saturated rings. The van der Waals surface area contributed by atoms with Crippen molar-refractivity contribution in [1.29, 1.82) is 0 Å². The van der Waals surface area contributed by atoms with E-state index in [9.17, 15) is 9.59 Å². The van der Waals surface area contributed by atoms with E-state index >= 15 is 0 Å². The summed E-state index contributed by atoms with van der Waals surface area (Å²) >= 11 is 3.43.